The normalized spacial score (nSPS) is 11.4. The maximum Gasteiger partial charge on any atom is 0.255 e. The number of benzene rings is 1. The molecule has 0 atom stereocenters. The number of amides is 1. The molecule has 0 aliphatic carbocycles. The molecule has 118 valence electrons. The van der Waals surface area contributed by atoms with Gasteiger partial charge in [0.2, 0.25) is 0 Å². The molecule has 0 unspecified atom stereocenters. The van der Waals surface area contributed by atoms with Crippen molar-refractivity contribution in [1.29, 1.82) is 0 Å². The fraction of sp³-hybridized carbons (Fsp3) is 0.267. The summed E-state index contributed by atoms with van der Waals surface area (Å²) >= 11 is 4.92. The Bertz CT molecular complexity index is 784. The van der Waals surface area contributed by atoms with Gasteiger partial charge in [0.1, 0.15) is 0 Å². The molecule has 1 amide bonds. The topological polar surface area (TPSA) is 54.5 Å². The first kappa shape index (κ1) is 17.2. The maximum absolute atomic E-state index is 12.6. The minimum absolute atomic E-state index is 0.0289. The largest absolute Gasteiger partial charge is 0.337 e. The van der Waals surface area contributed by atoms with Crippen LogP contribution in [0.5, 0.6) is 0 Å². The van der Waals surface area contributed by atoms with Gasteiger partial charge < -0.3 is 4.90 Å². The number of thiophene rings is 1. The minimum atomic E-state index is -3.43. The molecule has 4 nitrogen and oxygen atoms in total. The van der Waals surface area contributed by atoms with Gasteiger partial charge in [-0.05, 0) is 34.1 Å². The highest BCUT2D eigenvalue weighted by Crippen LogP contribution is 2.23. The van der Waals surface area contributed by atoms with Crippen LogP contribution in [0.3, 0.4) is 0 Å². The molecule has 2 rings (SSSR count). The third-order valence-electron chi connectivity index (χ3n) is 3.19. The number of rotatable bonds is 5. The molecule has 1 aromatic carbocycles. The number of hydrogen-bond acceptors (Lipinski definition) is 4. The van der Waals surface area contributed by atoms with E-state index in [9.17, 15) is 13.2 Å². The van der Waals surface area contributed by atoms with Gasteiger partial charge >= 0.3 is 0 Å². The predicted octanol–water partition coefficient (Wildman–Crippen LogP) is 3.58. The van der Waals surface area contributed by atoms with Crippen LogP contribution in [0.25, 0.3) is 0 Å². The van der Waals surface area contributed by atoms with Crippen LogP contribution in [0.2, 0.25) is 0 Å². The SMILES string of the molecule is CCS(=O)(=O)c1ccccc1C(=O)N(C)Cc1cc(Br)cs1. The molecular weight excluding hydrogens is 386 g/mol. The van der Waals surface area contributed by atoms with Crippen molar-refractivity contribution in [3.8, 4) is 0 Å². The fourth-order valence-electron chi connectivity index (χ4n) is 2.02. The molecule has 0 spiro atoms. The summed E-state index contributed by atoms with van der Waals surface area (Å²) < 4.78 is 25.2. The average molecular weight is 402 g/mol. The summed E-state index contributed by atoms with van der Waals surface area (Å²) in [7, 11) is -1.76. The van der Waals surface area contributed by atoms with Crippen LogP contribution < -0.4 is 0 Å². The highest BCUT2D eigenvalue weighted by Gasteiger charge is 2.22. The second kappa shape index (κ2) is 6.93. The summed E-state index contributed by atoms with van der Waals surface area (Å²) in [5.41, 5.74) is 0.225. The van der Waals surface area contributed by atoms with Crippen molar-refractivity contribution >= 4 is 43.0 Å². The standard InChI is InChI=1S/C15H16BrNO3S2/c1-3-22(19,20)14-7-5-4-6-13(14)15(18)17(2)9-12-8-11(16)10-21-12/h4-8,10H,3,9H2,1-2H3. The molecule has 0 N–H and O–H groups in total. The van der Waals surface area contributed by atoms with Gasteiger partial charge in [0.05, 0.1) is 22.8 Å². The van der Waals surface area contributed by atoms with Crippen LogP contribution in [0.1, 0.15) is 22.2 Å². The Kier molecular flexibility index (Phi) is 5.41. The van der Waals surface area contributed by atoms with Crippen molar-refractivity contribution in [2.24, 2.45) is 0 Å². The number of carbonyl (C=O) groups excluding carboxylic acids is 1. The first-order valence-corrected chi connectivity index (χ1v) is 9.98. The Labute approximate surface area is 142 Å². The van der Waals surface area contributed by atoms with Crippen LogP contribution in [0.4, 0.5) is 0 Å². The predicted molar refractivity (Wildman–Crippen MR) is 92.0 cm³/mol. The van der Waals surface area contributed by atoms with E-state index in [0.717, 1.165) is 9.35 Å². The van der Waals surface area contributed by atoms with Gasteiger partial charge in [0.15, 0.2) is 9.84 Å². The van der Waals surface area contributed by atoms with Crippen molar-refractivity contribution in [2.75, 3.05) is 12.8 Å². The second-order valence-electron chi connectivity index (χ2n) is 4.79. The lowest BCUT2D eigenvalue weighted by atomic mass is 10.2. The number of carbonyl (C=O) groups is 1. The van der Waals surface area contributed by atoms with E-state index in [1.165, 1.54) is 11.0 Å². The molecule has 2 aromatic rings. The summed E-state index contributed by atoms with van der Waals surface area (Å²) in [5.74, 6) is -0.323. The molecule has 0 radical (unpaired) electrons. The Morgan fingerprint density at radius 3 is 2.59 bits per heavy atom. The monoisotopic (exact) mass is 401 g/mol. The molecule has 0 aliphatic heterocycles. The summed E-state index contributed by atoms with van der Waals surface area (Å²) in [6.07, 6.45) is 0. The van der Waals surface area contributed by atoms with E-state index in [0.29, 0.717) is 6.54 Å². The summed E-state index contributed by atoms with van der Waals surface area (Å²) in [6, 6.07) is 8.31. The van der Waals surface area contributed by atoms with Crippen LogP contribution in [0, 0.1) is 0 Å². The Morgan fingerprint density at radius 1 is 1.32 bits per heavy atom. The molecule has 0 fully saturated rings. The number of nitrogens with zero attached hydrogens (tertiary/aromatic N) is 1. The van der Waals surface area contributed by atoms with Gasteiger partial charge in [-0.3, -0.25) is 4.79 Å². The van der Waals surface area contributed by atoms with Gasteiger partial charge in [0, 0.05) is 21.8 Å². The van der Waals surface area contributed by atoms with E-state index in [4.69, 9.17) is 0 Å². The van der Waals surface area contributed by atoms with Gasteiger partial charge in [-0.25, -0.2) is 8.42 Å². The van der Waals surface area contributed by atoms with Crippen molar-refractivity contribution in [1.82, 2.24) is 4.90 Å². The molecule has 1 aromatic heterocycles. The zero-order valence-electron chi connectivity index (χ0n) is 12.2. The lowest BCUT2D eigenvalue weighted by molar-refractivity contribution is 0.0782. The molecule has 1 heterocycles. The first-order chi connectivity index (χ1) is 10.3. The number of halogens is 1. The number of hydrogen-bond donors (Lipinski definition) is 0. The minimum Gasteiger partial charge on any atom is -0.337 e. The molecule has 7 heteroatoms. The Morgan fingerprint density at radius 2 is 2.00 bits per heavy atom. The van der Waals surface area contributed by atoms with Gasteiger partial charge in [-0.1, -0.05) is 19.1 Å². The first-order valence-electron chi connectivity index (χ1n) is 6.65. The van der Waals surface area contributed by atoms with Gasteiger partial charge in [-0.2, -0.15) is 0 Å². The van der Waals surface area contributed by atoms with Crippen molar-refractivity contribution < 1.29 is 13.2 Å². The quantitative estimate of drug-likeness (QED) is 0.768. The average Bonchev–Trinajstić information content (AvgIpc) is 2.91. The zero-order chi connectivity index (χ0) is 16.3. The van der Waals surface area contributed by atoms with Crippen molar-refractivity contribution in [3.05, 3.63) is 50.6 Å². The molecule has 0 aliphatic rings. The smallest absolute Gasteiger partial charge is 0.255 e. The van der Waals surface area contributed by atoms with Crippen LogP contribution in [-0.4, -0.2) is 32.0 Å². The highest BCUT2D eigenvalue weighted by atomic mass is 79.9. The van der Waals surface area contributed by atoms with E-state index in [1.54, 1.807) is 43.5 Å². The molecule has 0 saturated heterocycles. The molecule has 22 heavy (non-hydrogen) atoms. The van der Waals surface area contributed by atoms with E-state index in [2.05, 4.69) is 15.9 Å². The van der Waals surface area contributed by atoms with Crippen LogP contribution in [-0.2, 0) is 16.4 Å². The van der Waals surface area contributed by atoms with Crippen molar-refractivity contribution in [3.63, 3.8) is 0 Å². The van der Waals surface area contributed by atoms with E-state index < -0.39 is 9.84 Å². The third kappa shape index (κ3) is 3.77. The molecule has 0 bridgehead atoms. The van der Waals surface area contributed by atoms with Gasteiger partial charge in [0.25, 0.3) is 5.91 Å². The lowest BCUT2D eigenvalue weighted by Gasteiger charge is -2.18. The van der Waals surface area contributed by atoms with Crippen LogP contribution >= 0.6 is 27.3 Å². The fourth-order valence-corrected chi connectivity index (χ4v) is 4.61. The lowest BCUT2D eigenvalue weighted by Crippen LogP contribution is -2.27. The van der Waals surface area contributed by atoms with Gasteiger partial charge in [-0.15, -0.1) is 11.3 Å². The maximum atomic E-state index is 12.6. The number of sulfone groups is 1. The second-order valence-corrected chi connectivity index (χ2v) is 8.95. The zero-order valence-corrected chi connectivity index (χ0v) is 15.5. The van der Waals surface area contributed by atoms with E-state index in [1.807, 2.05) is 11.4 Å². The van der Waals surface area contributed by atoms with E-state index in [-0.39, 0.29) is 22.1 Å². The third-order valence-corrected chi connectivity index (χ3v) is 6.66. The van der Waals surface area contributed by atoms with E-state index >= 15 is 0 Å². The summed E-state index contributed by atoms with van der Waals surface area (Å²) in [4.78, 5) is 15.2. The molecule has 0 saturated carbocycles. The van der Waals surface area contributed by atoms with Crippen molar-refractivity contribution in [2.45, 2.75) is 18.4 Å². The Balaban J connectivity index is 2.30. The van der Waals surface area contributed by atoms with Crippen LogP contribution in [0.15, 0.2) is 45.1 Å². The summed E-state index contributed by atoms with van der Waals surface area (Å²) in [6.45, 7) is 2.01. The Hall–Kier alpha value is -1.18. The highest BCUT2D eigenvalue weighted by molar-refractivity contribution is 9.10. The molecular formula is C15H16BrNO3S2. The summed E-state index contributed by atoms with van der Waals surface area (Å²) in [5, 5.41) is 1.95.